The number of hydrazine groups is 2. The predicted octanol–water partition coefficient (Wildman–Crippen LogP) is 0.214. The molecule has 9 heteroatoms. The van der Waals surface area contributed by atoms with E-state index in [1.807, 2.05) is 0 Å². The van der Waals surface area contributed by atoms with Crippen LogP contribution in [-0.4, -0.2) is 21.9 Å². The first kappa shape index (κ1) is 16.4. The zero-order valence-corrected chi connectivity index (χ0v) is 14.2. The largest absolute Gasteiger partial charge is 0.397 e. The third-order valence-electron chi connectivity index (χ3n) is 5.29. The molecule has 2 atom stereocenters. The monoisotopic (exact) mass is 357 g/mol. The lowest BCUT2D eigenvalue weighted by Gasteiger charge is -2.29. The van der Waals surface area contributed by atoms with Crippen LogP contribution in [0.2, 0.25) is 0 Å². The van der Waals surface area contributed by atoms with Crippen LogP contribution in [0, 0.1) is 17.2 Å². The molecule has 1 aromatic rings. The number of hydrazone groups is 1. The Morgan fingerprint density at radius 2 is 2.19 bits per heavy atom. The molecular formula is C17H20FN7O. The fourth-order valence-electron chi connectivity index (χ4n) is 3.44. The van der Waals surface area contributed by atoms with Gasteiger partial charge >= 0.3 is 0 Å². The normalized spacial score (nSPS) is 27.0. The van der Waals surface area contributed by atoms with E-state index in [0.29, 0.717) is 34.8 Å². The zero-order chi connectivity index (χ0) is 18.6. The molecule has 7 N–H and O–H groups in total. The maximum absolute atomic E-state index is 13.9. The van der Waals surface area contributed by atoms with Crippen molar-refractivity contribution in [2.45, 2.75) is 19.9 Å². The lowest BCUT2D eigenvalue weighted by Crippen LogP contribution is -2.42. The van der Waals surface area contributed by atoms with Crippen molar-refractivity contribution >= 4 is 11.7 Å². The molecule has 0 radical (unpaired) electrons. The lowest BCUT2D eigenvalue weighted by molar-refractivity contribution is -0.122. The number of amidine groups is 1. The van der Waals surface area contributed by atoms with Crippen molar-refractivity contribution in [3.8, 4) is 0 Å². The molecule has 2 heterocycles. The molecule has 1 aromatic carbocycles. The summed E-state index contributed by atoms with van der Waals surface area (Å²) < 4.78 is 13.9. The highest BCUT2D eigenvalue weighted by molar-refractivity contribution is 6.04. The Balaban J connectivity index is 1.59. The highest BCUT2D eigenvalue weighted by atomic mass is 19.1. The standard InChI is InChI=1S/C17H20FN7O/c1-17(16(20)26)6-11(17)14-13(19)10-7-22-24(15(10)23-25(14)21)8-9-4-2-3-5-12(9)18/h2-5,7,11,22H,6,8,19,21H2,1H3,(H2,20,26). The molecule has 4 rings (SSSR count). The molecule has 0 spiro atoms. The molecule has 1 saturated carbocycles. The minimum Gasteiger partial charge on any atom is -0.397 e. The van der Waals surface area contributed by atoms with Crippen molar-refractivity contribution in [3.05, 3.63) is 58.8 Å². The van der Waals surface area contributed by atoms with Crippen LogP contribution in [0.4, 0.5) is 4.39 Å². The number of fused-ring (bicyclic) bond motifs is 1. The van der Waals surface area contributed by atoms with Crippen LogP contribution in [-0.2, 0) is 11.3 Å². The maximum Gasteiger partial charge on any atom is 0.224 e. The van der Waals surface area contributed by atoms with Gasteiger partial charge in [0.15, 0.2) is 5.84 Å². The maximum atomic E-state index is 13.9. The Kier molecular flexibility index (Phi) is 3.45. The van der Waals surface area contributed by atoms with Gasteiger partial charge in [0.2, 0.25) is 5.91 Å². The molecule has 2 aliphatic heterocycles. The van der Waals surface area contributed by atoms with Crippen LogP contribution < -0.4 is 22.7 Å². The van der Waals surface area contributed by atoms with Crippen molar-refractivity contribution in [3.63, 3.8) is 0 Å². The first-order valence-electron chi connectivity index (χ1n) is 8.24. The van der Waals surface area contributed by atoms with Gasteiger partial charge in [-0.3, -0.25) is 9.80 Å². The Bertz CT molecular complexity index is 893. The van der Waals surface area contributed by atoms with Crippen LogP contribution >= 0.6 is 0 Å². The second-order valence-electron chi connectivity index (χ2n) is 6.97. The molecule has 0 aromatic heterocycles. The van der Waals surface area contributed by atoms with Crippen molar-refractivity contribution in [1.29, 1.82) is 0 Å². The summed E-state index contributed by atoms with van der Waals surface area (Å²) in [6, 6.07) is 6.51. The summed E-state index contributed by atoms with van der Waals surface area (Å²) in [6.45, 7) is 2.05. The van der Waals surface area contributed by atoms with Gasteiger partial charge in [-0.25, -0.2) is 10.2 Å². The summed E-state index contributed by atoms with van der Waals surface area (Å²) in [7, 11) is 0. The first-order chi connectivity index (χ1) is 12.3. The number of benzene rings is 1. The molecule has 1 amide bonds. The molecule has 1 aliphatic carbocycles. The quantitative estimate of drug-likeness (QED) is 0.571. The van der Waals surface area contributed by atoms with Gasteiger partial charge < -0.3 is 16.9 Å². The third-order valence-corrected chi connectivity index (χ3v) is 5.29. The smallest absolute Gasteiger partial charge is 0.224 e. The number of allylic oxidation sites excluding steroid dienone is 1. The number of nitrogens with one attached hydrogen (secondary N) is 1. The second kappa shape index (κ2) is 5.46. The van der Waals surface area contributed by atoms with Gasteiger partial charge in [-0.2, -0.15) is 5.12 Å². The first-order valence-corrected chi connectivity index (χ1v) is 8.24. The van der Waals surface area contributed by atoms with E-state index in [-0.39, 0.29) is 24.2 Å². The van der Waals surface area contributed by atoms with E-state index in [2.05, 4.69) is 10.5 Å². The predicted molar refractivity (Wildman–Crippen MR) is 93.2 cm³/mol. The van der Waals surface area contributed by atoms with Gasteiger partial charge in [0.25, 0.3) is 0 Å². The fourth-order valence-corrected chi connectivity index (χ4v) is 3.44. The van der Waals surface area contributed by atoms with Crippen molar-refractivity contribution in [2.24, 2.45) is 33.7 Å². The number of hydrogen-bond acceptors (Lipinski definition) is 7. The van der Waals surface area contributed by atoms with E-state index in [0.717, 1.165) is 0 Å². The molecule has 26 heavy (non-hydrogen) atoms. The van der Waals surface area contributed by atoms with E-state index < -0.39 is 5.41 Å². The van der Waals surface area contributed by atoms with E-state index in [4.69, 9.17) is 17.3 Å². The lowest BCUT2D eigenvalue weighted by atomic mass is 10.0. The summed E-state index contributed by atoms with van der Waals surface area (Å²) in [6.07, 6.45) is 2.28. The van der Waals surface area contributed by atoms with Gasteiger partial charge in [0.05, 0.1) is 28.9 Å². The molecule has 0 bridgehead atoms. The highest BCUT2D eigenvalue weighted by Crippen LogP contribution is 2.57. The van der Waals surface area contributed by atoms with Crippen LogP contribution in [0.5, 0.6) is 0 Å². The molecule has 3 aliphatic rings. The van der Waals surface area contributed by atoms with Crippen LogP contribution in [0.15, 0.2) is 52.5 Å². The average molecular weight is 357 g/mol. The number of rotatable bonds is 4. The van der Waals surface area contributed by atoms with Gasteiger partial charge in [-0.05, 0) is 12.5 Å². The van der Waals surface area contributed by atoms with Crippen LogP contribution in [0.25, 0.3) is 0 Å². The van der Waals surface area contributed by atoms with Crippen LogP contribution in [0.1, 0.15) is 18.9 Å². The topological polar surface area (TPSA) is 126 Å². The van der Waals surface area contributed by atoms with Gasteiger partial charge in [0.1, 0.15) is 5.82 Å². The van der Waals surface area contributed by atoms with E-state index >= 15 is 0 Å². The minimum absolute atomic E-state index is 0.170. The van der Waals surface area contributed by atoms with Gasteiger partial charge in [-0.15, -0.1) is 5.10 Å². The minimum atomic E-state index is -0.663. The van der Waals surface area contributed by atoms with E-state index in [1.54, 1.807) is 36.3 Å². The molecule has 8 nitrogen and oxygen atoms in total. The fraction of sp³-hybridized carbons (Fsp3) is 0.294. The Hall–Kier alpha value is -3.07. The number of amides is 1. The van der Waals surface area contributed by atoms with Crippen molar-refractivity contribution in [1.82, 2.24) is 15.6 Å². The SMILES string of the molecule is CC1(C(N)=O)CC1C1=C(N)C2=CNN(Cc3ccccc3F)C2=NN1N. The van der Waals surface area contributed by atoms with Gasteiger partial charge in [-0.1, -0.05) is 25.1 Å². The summed E-state index contributed by atoms with van der Waals surface area (Å²) in [5.41, 5.74) is 16.4. The number of halogens is 1. The van der Waals surface area contributed by atoms with Gasteiger partial charge in [0, 0.05) is 17.7 Å². The Morgan fingerprint density at radius 1 is 1.46 bits per heavy atom. The number of primary amides is 1. The third kappa shape index (κ3) is 2.31. The molecular weight excluding hydrogens is 337 g/mol. The summed E-state index contributed by atoms with van der Waals surface area (Å²) in [5.74, 6) is 5.72. The average Bonchev–Trinajstić information content (AvgIpc) is 3.11. The van der Waals surface area contributed by atoms with E-state index in [1.165, 1.54) is 11.2 Å². The van der Waals surface area contributed by atoms with Crippen LogP contribution in [0.3, 0.4) is 0 Å². The number of carbonyl (C=O) groups excluding carboxylic acids is 1. The summed E-state index contributed by atoms with van der Waals surface area (Å²) in [5, 5.41) is 7.24. The highest BCUT2D eigenvalue weighted by Gasteiger charge is 2.59. The summed E-state index contributed by atoms with van der Waals surface area (Å²) >= 11 is 0. The molecule has 136 valence electrons. The Morgan fingerprint density at radius 3 is 2.85 bits per heavy atom. The second-order valence-corrected chi connectivity index (χ2v) is 6.97. The number of nitrogens with zero attached hydrogens (tertiary/aromatic N) is 3. The Labute approximate surface area is 149 Å². The van der Waals surface area contributed by atoms with E-state index in [9.17, 15) is 9.18 Å². The zero-order valence-electron chi connectivity index (χ0n) is 14.2. The molecule has 2 unspecified atom stereocenters. The molecule has 1 fully saturated rings. The number of nitrogens with two attached hydrogens (primary N) is 3. The van der Waals surface area contributed by atoms with Crippen molar-refractivity contribution < 1.29 is 9.18 Å². The van der Waals surface area contributed by atoms with Crippen molar-refractivity contribution in [2.75, 3.05) is 0 Å². The number of carbonyl (C=O) groups is 1. The summed E-state index contributed by atoms with van der Waals surface area (Å²) in [4.78, 5) is 11.7. The number of hydrogen-bond donors (Lipinski definition) is 4. The molecule has 0 saturated heterocycles.